The van der Waals surface area contributed by atoms with Crippen LogP contribution in [0.15, 0.2) is 12.4 Å². The molecule has 1 aromatic heterocycles. The van der Waals surface area contributed by atoms with E-state index in [0.29, 0.717) is 30.1 Å². The zero-order chi connectivity index (χ0) is 16.9. The molecule has 2 atom stereocenters. The SMILES string of the molecule is CCn1cc(C2CCN(C(=O)CC(C)C3CCCNC3)CC2)cn1. The second-order valence-corrected chi connectivity index (χ2v) is 7.57. The molecule has 0 aromatic carbocycles. The van der Waals surface area contributed by atoms with Crippen LogP contribution < -0.4 is 5.32 Å². The highest BCUT2D eigenvalue weighted by Crippen LogP contribution is 2.29. The number of hydrogen-bond acceptors (Lipinski definition) is 3. The molecular weight excluding hydrogens is 300 g/mol. The molecule has 134 valence electrons. The Kier molecular flexibility index (Phi) is 5.93. The molecule has 1 N–H and O–H groups in total. The Balaban J connectivity index is 1.46. The van der Waals surface area contributed by atoms with Crippen LogP contribution in [0.25, 0.3) is 0 Å². The smallest absolute Gasteiger partial charge is 0.222 e. The Morgan fingerprint density at radius 2 is 2.17 bits per heavy atom. The van der Waals surface area contributed by atoms with Crippen molar-refractivity contribution in [3.8, 4) is 0 Å². The minimum absolute atomic E-state index is 0.357. The van der Waals surface area contributed by atoms with Crippen molar-refractivity contribution in [1.29, 1.82) is 0 Å². The summed E-state index contributed by atoms with van der Waals surface area (Å²) >= 11 is 0. The number of hydrogen-bond donors (Lipinski definition) is 1. The van der Waals surface area contributed by atoms with Crippen LogP contribution in [0, 0.1) is 11.8 Å². The lowest BCUT2D eigenvalue weighted by Crippen LogP contribution is -2.40. The highest BCUT2D eigenvalue weighted by molar-refractivity contribution is 5.76. The van der Waals surface area contributed by atoms with Gasteiger partial charge in [0.1, 0.15) is 0 Å². The zero-order valence-corrected chi connectivity index (χ0v) is 15.2. The highest BCUT2D eigenvalue weighted by atomic mass is 16.2. The second kappa shape index (κ2) is 8.15. The fourth-order valence-electron chi connectivity index (χ4n) is 4.16. The van der Waals surface area contributed by atoms with Gasteiger partial charge in [0.2, 0.25) is 5.91 Å². The van der Waals surface area contributed by atoms with Gasteiger partial charge in [-0.1, -0.05) is 6.92 Å². The summed E-state index contributed by atoms with van der Waals surface area (Å²) in [5.41, 5.74) is 1.34. The van der Waals surface area contributed by atoms with E-state index in [-0.39, 0.29) is 0 Å². The summed E-state index contributed by atoms with van der Waals surface area (Å²) in [6, 6.07) is 0. The van der Waals surface area contributed by atoms with E-state index >= 15 is 0 Å². The summed E-state index contributed by atoms with van der Waals surface area (Å²) in [5, 5.41) is 7.85. The average molecular weight is 332 g/mol. The first-order chi connectivity index (χ1) is 11.7. The van der Waals surface area contributed by atoms with Gasteiger partial charge in [-0.25, -0.2) is 0 Å². The molecule has 0 radical (unpaired) electrons. The predicted octanol–water partition coefficient (Wildman–Crippen LogP) is 2.63. The van der Waals surface area contributed by atoms with Gasteiger partial charge in [-0.05, 0) is 69.0 Å². The predicted molar refractivity (Wildman–Crippen MR) is 95.8 cm³/mol. The topological polar surface area (TPSA) is 50.2 Å². The van der Waals surface area contributed by atoms with Gasteiger partial charge in [0, 0.05) is 32.3 Å². The molecule has 2 unspecified atom stereocenters. The van der Waals surface area contributed by atoms with Crippen molar-refractivity contribution in [2.75, 3.05) is 26.2 Å². The molecule has 1 amide bonds. The first-order valence-electron chi connectivity index (χ1n) is 9.68. The Morgan fingerprint density at radius 1 is 1.38 bits per heavy atom. The first-order valence-corrected chi connectivity index (χ1v) is 9.68. The lowest BCUT2D eigenvalue weighted by atomic mass is 9.84. The van der Waals surface area contributed by atoms with Crippen LogP contribution in [-0.4, -0.2) is 46.8 Å². The molecule has 0 bridgehead atoms. The fraction of sp³-hybridized carbons (Fsp3) is 0.789. The lowest BCUT2D eigenvalue weighted by molar-refractivity contribution is -0.133. The van der Waals surface area contributed by atoms with Crippen LogP contribution in [0.1, 0.15) is 57.4 Å². The molecule has 2 aliphatic heterocycles. The number of rotatable bonds is 5. The first kappa shape index (κ1) is 17.5. The third kappa shape index (κ3) is 4.18. The van der Waals surface area contributed by atoms with Gasteiger partial charge in [0.15, 0.2) is 0 Å². The number of nitrogens with zero attached hydrogens (tertiary/aromatic N) is 3. The summed E-state index contributed by atoms with van der Waals surface area (Å²) in [7, 11) is 0. The average Bonchev–Trinajstić information content (AvgIpc) is 3.11. The minimum Gasteiger partial charge on any atom is -0.343 e. The van der Waals surface area contributed by atoms with E-state index in [9.17, 15) is 4.79 Å². The van der Waals surface area contributed by atoms with E-state index in [2.05, 4.69) is 35.4 Å². The van der Waals surface area contributed by atoms with Crippen molar-refractivity contribution in [2.24, 2.45) is 11.8 Å². The quantitative estimate of drug-likeness (QED) is 0.902. The molecule has 2 aliphatic rings. The second-order valence-electron chi connectivity index (χ2n) is 7.57. The number of aryl methyl sites for hydroxylation is 1. The van der Waals surface area contributed by atoms with Gasteiger partial charge in [0.05, 0.1) is 6.20 Å². The fourth-order valence-corrected chi connectivity index (χ4v) is 4.16. The van der Waals surface area contributed by atoms with E-state index in [4.69, 9.17) is 0 Å². The maximum atomic E-state index is 12.6. The van der Waals surface area contributed by atoms with Crippen molar-refractivity contribution >= 4 is 5.91 Å². The van der Waals surface area contributed by atoms with Crippen LogP contribution >= 0.6 is 0 Å². The van der Waals surface area contributed by atoms with Gasteiger partial charge in [-0.2, -0.15) is 5.10 Å². The van der Waals surface area contributed by atoms with E-state index < -0.39 is 0 Å². The molecule has 0 saturated carbocycles. The summed E-state index contributed by atoms with van der Waals surface area (Å²) in [4.78, 5) is 14.7. The van der Waals surface area contributed by atoms with Crippen molar-refractivity contribution in [2.45, 2.75) is 58.4 Å². The molecule has 24 heavy (non-hydrogen) atoms. The summed E-state index contributed by atoms with van der Waals surface area (Å²) in [6.07, 6.45) is 9.54. The maximum Gasteiger partial charge on any atom is 0.222 e. The molecule has 1 aromatic rings. The Morgan fingerprint density at radius 3 is 2.79 bits per heavy atom. The number of piperidine rings is 2. The zero-order valence-electron chi connectivity index (χ0n) is 15.2. The Hall–Kier alpha value is -1.36. The Bertz CT molecular complexity index is 527. The van der Waals surface area contributed by atoms with Crippen molar-refractivity contribution in [3.05, 3.63) is 18.0 Å². The maximum absolute atomic E-state index is 12.6. The lowest BCUT2D eigenvalue weighted by Gasteiger charge is -2.34. The van der Waals surface area contributed by atoms with Gasteiger partial charge in [-0.3, -0.25) is 9.48 Å². The van der Waals surface area contributed by atoms with E-state index in [1.165, 1.54) is 18.4 Å². The summed E-state index contributed by atoms with van der Waals surface area (Å²) < 4.78 is 1.99. The van der Waals surface area contributed by atoms with Crippen LogP contribution in [0.3, 0.4) is 0 Å². The molecule has 2 fully saturated rings. The summed E-state index contributed by atoms with van der Waals surface area (Å²) in [5.74, 6) is 2.08. The minimum atomic E-state index is 0.357. The van der Waals surface area contributed by atoms with Crippen LogP contribution in [0.4, 0.5) is 0 Å². The molecule has 0 spiro atoms. The third-order valence-corrected chi connectivity index (χ3v) is 5.93. The van der Waals surface area contributed by atoms with Crippen LogP contribution in [0.5, 0.6) is 0 Å². The summed E-state index contributed by atoms with van der Waals surface area (Å²) in [6.45, 7) is 9.30. The molecule has 5 heteroatoms. The largest absolute Gasteiger partial charge is 0.343 e. The number of likely N-dealkylation sites (tertiary alicyclic amines) is 1. The van der Waals surface area contributed by atoms with Gasteiger partial charge >= 0.3 is 0 Å². The standard InChI is InChI=1S/C19H32N4O/c1-3-23-14-18(13-21-23)16-6-9-22(10-7-16)19(24)11-15(2)17-5-4-8-20-12-17/h13-17,20H,3-12H2,1-2H3. The number of nitrogens with one attached hydrogen (secondary N) is 1. The molecule has 3 heterocycles. The number of amides is 1. The van der Waals surface area contributed by atoms with Gasteiger partial charge in [-0.15, -0.1) is 0 Å². The van der Waals surface area contributed by atoms with Crippen LogP contribution in [-0.2, 0) is 11.3 Å². The number of carbonyl (C=O) groups is 1. The van der Waals surface area contributed by atoms with Crippen molar-refractivity contribution in [3.63, 3.8) is 0 Å². The molecule has 3 rings (SSSR count). The third-order valence-electron chi connectivity index (χ3n) is 5.93. The normalized spacial score (nSPS) is 24.1. The van der Waals surface area contributed by atoms with E-state index in [0.717, 1.165) is 45.6 Å². The van der Waals surface area contributed by atoms with E-state index in [1.54, 1.807) is 0 Å². The van der Waals surface area contributed by atoms with Crippen LogP contribution in [0.2, 0.25) is 0 Å². The number of aromatic nitrogens is 2. The number of carbonyl (C=O) groups excluding carboxylic acids is 1. The molecule has 5 nitrogen and oxygen atoms in total. The van der Waals surface area contributed by atoms with Crippen molar-refractivity contribution < 1.29 is 4.79 Å². The van der Waals surface area contributed by atoms with Gasteiger partial charge < -0.3 is 10.2 Å². The molecule has 0 aliphatic carbocycles. The van der Waals surface area contributed by atoms with Crippen molar-refractivity contribution in [1.82, 2.24) is 20.0 Å². The Labute approximate surface area is 145 Å². The van der Waals surface area contributed by atoms with Gasteiger partial charge in [0.25, 0.3) is 0 Å². The van der Waals surface area contributed by atoms with E-state index in [1.807, 2.05) is 10.9 Å². The monoisotopic (exact) mass is 332 g/mol. The molecule has 2 saturated heterocycles. The molecular formula is C19H32N4O. The highest BCUT2D eigenvalue weighted by Gasteiger charge is 2.27.